The second-order valence-corrected chi connectivity index (χ2v) is 7.07. The molecule has 0 spiro atoms. The molecule has 3 rings (SSSR count). The van der Waals surface area contributed by atoms with Gasteiger partial charge in [-0.2, -0.15) is 0 Å². The molecule has 0 radical (unpaired) electrons. The van der Waals surface area contributed by atoms with Crippen LogP contribution in [0.3, 0.4) is 0 Å². The van der Waals surface area contributed by atoms with Gasteiger partial charge in [0.1, 0.15) is 10.5 Å². The van der Waals surface area contributed by atoms with E-state index in [1.165, 1.54) is 15.7 Å². The van der Waals surface area contributed by atoms with Crippen LogP contribution in [0, 0.1) is 6.92 Å². The van der Waals surface area contributed by atoms with Crippen molar-refractivity contribution in [2.24, 2.45) is 0 Å². The van der Waals surface area contributed by atoms with Gasteiger partial charge in [0.05, 0.1) is 10.3 Å². The van der Waals surface area contributed by atoms with E-state index in [1.54, 1.807) is 12.3 Å². The average molecular weight is 344 g/mol. The zero-order valence-electron chi connectivity index (χ0n) is 14.0. The highest BCUT2D eigenvalue weighted by Gasteiger charge is 2.15. The van der Waals surface area contributed by atoms with Crippen LogP contribution in [0.15, 0.2) is 29.2 Å². The van der Waals surface area contributed by atoms with Crippen LogP contribution in [0.2, 0.25) is 0 Å². The fourth-order valence-electron chi connectivity index (χ4n) is 2.55. The normalized spacial score (nSPS) is 11.5. The largest absolute Gasteiger partial charge is 0.351 e. The highest BCUT2D eigenvalue weighted by molar-refractivity contribution is 7.20. The fourth-order valence-corrected chi connectivity index (χ4v) is 3.49. The molecule has 0 unspecified atom stereocenters. The van der Waals surface area contributed by atoms with Gasteiger partial charge in [-0.1, -0.05) is 6.07 Å². The van der Waals surface area contributed by atoms with Gasteiger partial charge < -0.3 is 10.2 Å². The molecule has 0 aliphatic carbocycles. The standard InChI is InChI=1S/C17H20N4O2S/c1-11-6-4-9-21-14(11)19-16-12(17(21)23)10-13(24-16)15(22)18-7-5-8-20(2)3/h4,6,9-10H,5,7-8H2,1-3H3,(H,18,22). The van der Waals surface area contributed by atoms with Crippen LogP contribution in [0.1, 0.15) is 21.7 Å². The highest BCUT2D eigenvalue weighted by atomic mass is 32.1. The number of rotatable bonds is 5. The average Bonchev–Trinajstić information content (AvgIpc) is 2.97. The molecule has 3 heterocycles. The number of amides is 1. The Hall–Kier alpha value is -2.25. The quantitative estimate of drug-likeness (QED) is 0.718. The molecular formula is C17H20N4O2S. The molecule has 126 valence electrons. The summed E-state index contributed by atoms with van der Waals surface area (Å²) in [6, 6.07) is 5.38. The van der Waals surface area contributed by atoms with Crippen LogP contribution < -0.4 is 10.9 Å². The molecule has 0 saturated heterocycles. The van der Waals surface area contributed by atoms with Crippen molar-refractivity contribution >= 4 is 33.1 Å². The summed E-state index contributed by atoms with van der Waals surface area (Å²) in [6.45, 7) is 3.44. The number of carbonyl (C=O) groups is 1. The molecule has 24 heavy (non-hydrogen) atoms. The fraction of sp³-hybridized carbons (Fsp3) is 0.353. The number of pyridine rings is 1. The molecule has 0 bridgehead atoms. The Morgan fingerprint density at radius 2 is 2.21 bits per heavy atom. The van der Waals surface area contributed by atoms with Crippen molar-refractivity contribution < 1.29 is 4.79 Å². The van der Waals surface area contributed by atoms with E-state index < -0.39 is 0 Å². The Morgan fingerprint density at radius 1 is 1.42 bits per heavy atom. The summed E-state index contributed by atoms with van der Waals surface area (Å²) >= 11 is 1.26. The molecular weight excluding hydrogens is 324 g/mol. The van der Waals surface area contributed by atoms with Crippen LogP contribution in [0.25, 0.3) is 15.9 Å². The van der Waals surface area contributed by atoms with E-state index in [4.69, 9.17) is 0 Å². The molecule has 6 nitrogen and oxygen atoms in total. The first kappa shape index (κ1) is 16.6. The van der Waals surface area contributed by atoms with Gasteiger partial charge in [0.2, 0.25) is 0 Å². The van der Waals surface area contributed by atoms with Crippen molar-refractivity contribution in [2.45, 2.75) is 13.3 Å². The number of nitrogens with one attached hydrogen (secondary N) is 1. The van der Waals surface area contributed by atoms with Gasteiger partial charge in [-0.15, -0.1) is 11.3 Å². The molecule has 1 N–H and O–H groups in total. The van der Waals surface area contributed by atoms with E-state index in [1.807, 2.05) is 33.2 Å². The molecule has 0 atom stereocenters. The SMILES string of the molecule is Cc1cccn2c(=O)c3cc(C(=O)NCCCN(C)C)sc3nc12. The molecule has 0 aliphatic heterocycles. The summed E-state index contributed by atoms with van der Waals surface area (Å²) in [5.41, 5.74) is 1.43. The maximum absolute atomic E-state index is 12.6. The van der Waals surface area contributed by atoms with Gasteiger partial charge >= 0.3 is 0 Å². The number of aromatic nitrogens is 2. The van der Waals surface area contributed by atoms with Crippen molar-refractivity contribution in [3.05, 3.63) is 45.2 Å². The third kappa shape index (κ3) is 3.18. The summed E-state index contributed by atoms with van der Waals surface area (Å²) in [5, 5.41) is 3.38. The summed E-state index contributed by atoms with van der Waals surface area (Å²) in [4.78, 5) is 32.6. The lowest BCUT2D eigenvalue weighted by atomic mass is 10.3. The van der Waals surface area contributed by atoms with Crippen LogP contribution in [-0.2, 0) is 0 Å². The van der Waals surface area contributed by atoms with Crippen molar-refractivity contribution in [1.82, 2.24) is 19.6 Å². The topological polar surface area (TPSA) is 66.7 Å². The molecule has 0 fully saturated rings. The summed E-state index contributed by atoms with van der Waals surface area (Å²) in [7, 11) is 4.00. The maximum Gasteiger partial charge on any atom is 0.266 e. The van der Waals surface area contributed by atoms with Gasteiger partial charge in [-0.3, -0.25) is 14.0 Å². The summed E-state index contributed by atoms with van der Waals surface area (Å²) in [6.07, 6.45) is 2.59. The smallest absolute Gasteiger partial charge is 0.266 e. The van der Waals surface area contributed by atoms with Gasteiger partial charge in [-0.25, -0.2) is 4.98 Å². The van der Waals surface area contributed by atoms with Crippen LogP contribution in [0.4, 0.5) is 0 Å². The van der Waals surface area contributed by atoms with Crippen molar-refractivity contribution in [2.75, 3.05) is 27.2 Å². The van der Waals surface area contributed by atoms with Crippen LogP contribution in [-0.4, -0.2) is 47.4 Å². The van der Waals surface area contributed by atoms with Crippen molar-refractivity contribution in [3.63, 3.8) is 0 Å². The van der Waals surface area contributed by atoms with E-state index in [9.17, 15) is 9.59 Å². The van der Waals surface area contributed by atoms with E-state index in [0.29, 0.717) is 27.3 Å². The van der Waals surface area contributed by atoms with Crippen LogP contribution >= 0.6 is 11.3 Å². The third-order valence-electron chi connectivity index (χ3n) is 3.82. The maximum atomic E-state index is 12.6. The number of fused-ring (bicyclic) bond motifs is 2. The number of hydrogen-bond donors (Lipinski definition) is 1. The second-order valence-electron chi connectivity index (χ2n) is 6.04. The minimum atomic E-state index is -0.151. The number of hydrogen-bond acceptors (Lipinski definition) is 5. The predicted octanol–water partition coefficient (Wildman–Crippen LogP) is 1.90. The lowest BCUT2D eigenvalue weighted by molar-refractivity contribution is 0.0956. The Balaban J connectivity index is 1.90. The van der Waals surface area contributed by atoms with E-state index >= 15 is 0 Å². The monoisotopic (exact) mass is 344 g/mol. The van der Waals surface area contributed by atoms with Gasteiger partial charge in [0.25, 0.3) is 11.5 Å². The Morgan fingerprint density at radius 3 is 2.96 bits per heavy atom. The minimum Gasteiger partial charge on any atom is -0.351 e. The Kier molecular flexibility index (Phi) is 4.64. The lowest BCUT2D eigenvalue weighted by Crippen LogP contribution is -2.26. The highest BCUT2D eigenvalue weighted by Crippen LogP contribution is 2.22. The number of nitrogens with zero attached hydrogens (tertiary/aromatic N) is 3. The summed E-state index contributed by atoms with van der Waals surface area (Å²) < 4.78 is 1.53. The predicted molar refractivity (Wildman–Crippen MR) is 97.1 cm³/mol. The number of thiophene rings is 1. The van der Waals surface area contributed by atoms with E-state index in [0.717, 1.165) is 18.5 Å². The molecule has 3 aromatic rings. The van der Waals surface area contributed by atoms with Crippen molar-refractivity contribution in [1.29, 1.82) is 0 Å². The number of aryl methyl sites for hydroxylation is 1. The number of carbonyl (C=O) groups excluding carboxylic acids is 1. The van der Waals surface area contributed by atoms with E-state index in [2.05, 4.69) is 15.2 Å². The Labute approximate surface area is 143 Å². The first-order chi connectivity index (χ1) is 11.5. The molecule has 7 heteroatoms. The van der Waals surface area contributed by atoms with Gasteiger partial charge in [0.15, 0.2) is 0 Å². The van der Waals surface area contributed by atoms with E-state index in [-0.39, 0.29) is 11.5 Å². The molecule has 3 aromatic heterocycles. The second kappa shape index (κ2) is 6.70. The first-order valence-electron chi connectivity index (χ1n) is 7.82. The first-order valence-corrected chi connectivity index (χ1v) is 8.63. The third-order valence-corrected chi connectivity index (χ3v) is 4.85. The lowest BCUT2D eigenvalue weighted by Gasteiger charge is -2.09. The Bertz CT molecular complexity index is 958. The molecule has 0 aliphatic rings. The van der Waals surface area contributed by atoms with Crippen molar-refractivity contribution in [3.8, 4) is 0 Å². The molecule has 1 amide bonds. The molecule has 0 saturated carbocycles. The zero-order chi connectivity index (χ0) is 17.3. The summed E-state index contributed by atoms with van der Waals surface area (Å²) in [5.74, 6) is -0.151. The van der Waals surface area contributed by atoms with Gasteiger partial charge in [-0.05, 0) is 51.7 Å². The zero-order valence-corrected chi connectivity index (χ0v) is 14.8. The van der Waals surface area contributed by atoms with Gasteiger partial charge in [0, 0.05) is 12.7 Å². The minimum absolute atomic E-state index is 0.137. The molecule has 0 aromatic carbocycles. The van der Waals surface area contributed by atoms with Crippen LogP contribution in [0.5, 0.6) is 0 Å².